The first-order valence-electron chi connectivity index (χ1n) is 9.43. The number of carbonyl (C=O) groups excluding carboxylic acids is 2. The van der Waals surface area contributed by atoms with Crippen LogP contribution in [0.5, 0.6) is 17.2 Å². The van der Waals surface area contributed by atoms with Gasteiger partial charge in [0.25, 0.3) is 5.91 Å². The number of anilines is 2. The van der Waals surface area contributed by atoms with Crippen LogP contribution in [0.2, 0.25) is 0 Å². The first kappa shape index (κ1) is 22.9. The molecule has 11 heteroatoms. The van der Waals surface area contributed by atoms with E-state index in [1.54, 1.807) is 54.3 Å². The highest BCUT2D eigenvalue weighted by Gasteiger charge is 2.16. The highest BCUT2D eigenvalue weighted by molar-refractivity contribution is 7.99. The zero-order chi connectivity index (χ0) is 23.1. The summed E-state index contributed by atoms with van der Waals surface area (Å²) in [7, 11) is 6.30. The molecule has 32 heavy (non-hydrogen) atoms. The number of aromatic nitrogens is 3. The van der Waals surface area contributed by atoms with Gasteiger partial charge in [0.05, 0.1) is 27.1 Å². The quantitative estimate of drug-likeness (QED) is 0.471. The Morgan fingerprint density at radius 1 is 1.00 bits per heavy atom. The highest BCUT2D eigenvalue weighted by Crippen LogP contribution is 2.40. The Kier molecular flexibility index (Phi) is 7.55. The summed E-state index contributed by atoms with van der Waals surface area (Å²) >= 11 is 1.27. The number of ether oxygens (including phenoxy) is 3. The van der Waals surface area contributed by atoms with E-state index in [1.165, 1.54) is 33.1 Å². The lowest BCUT2D eigenvalue weighted by Crippen LogP contribution is -2.16. The monoisotopic (exact) mass is 457 g/mol. The van der Waals surface area contributed by atoms with Crippen molar-refractivity contribution in [2.75, 3.05) is 37.7 Å². The Labute approximate surface area is 189 Å². The molecule has 10 nitrogen and oxygen atoms in total. The molecule has 0 aliphatic rings. The number of hydrogen-bond acceptors (Lipinski definition) is 8. The van der Waals surface area contributed by atoms with E-state index >= 15 is 0 Å². The molecule has 0 fully saturated rings. The van der Waals surface area contributed by atoms with E-state index in [0.717, 1.165) is 0 Å². The van der Waals surface area contributed by atoms with Crippen LogP contribution >= 0.6 is 11.8 Å². The maximum Gasteiger partial charge on any atom is 0.255 e. The molecule has 0 radical (unpaired) electrons. The summed E-state index contributed by atoms with van der Waals surface area (Å²) in [6.45, 7) is 0. The van der Waals surface area contributed by atoms with Crippen LogP contribution in [-0.2, 0) is 11.8 Å². The maximum atomic E-state index is 12.8. The first-order valence-corrected chi connectivity index (χ1v) is 10.4. The van der Waals surface area contributed by atoms with Crippen LogP contribution in [0.3, 0.4) is 0 Å². The molecule has 0 bridgehead atoms. The van der Waals surface area contributed by atoms with E-state index in [0.29, 0.717) is 39.3 Å². The molecule has 0 aliphatic heterocycles. The number of amides is 2. The number of nitrogens with one attached hydrogen (secondary N) is 2. The van der Waals surface area contributed by atoms with Crippen molar-refractivity contribution in [1.82, 2.24) is 14.8 Å². The molecule has 3 aromatic rings. The van der Waals surface area contributed by atoms with Crippen LogP contribution in [0.15, 0.2) is 47.9 Å². The molecule has 2 aromatic carbocycles. The predicted octanol–water partition coefficient (Wildman–Crippen LogP) is 2.82. The normalized spacial score (nSPS) is 10.4. The Bertz CT molecular complexity index is 1090. The van der Waals surface area contributed by atoms with Crippen molar-refractivity contribution in [2.45, 2.75) is 5.16 Å². The van der Waals surface area contributed by atoms with Gasteiger partial charge < -0.3 is 29.4 Å². The molecule has 0 saturated heterocycles. The van der Waals surface area contributed by atoms with E-state index < -0.39 is 0 Å². The minimum absolute atomic E-state index is 0.161. The molecule has 2 amide bonds. The Hall–Kier alpha value is -3.73. The summed E-state index contributed by atoms with van der Waals surface area (Å²) in [6, 6.07) is 9.91. The van der Waals surface area contributed by atoms with Crippen molar-refractivity contribution < 1.29 is 23.8 Å². The third kappa shape index (κ3) is 5.49. The van der Waals surface area contributed by atoms with Gasteiger partial charge in [-0.15, -0.1) is 10.2 Å². The van der Waals surface area contributed by atoms with Crippen LogP contribution in [0, 0.1) is 0 Å². The van der Waals surface area contributed by atoms with Crippen LogP contribution in [0.25, 0.3) is 0 Å². The van der Waals surface area contributed by atoms with E-state index in [-0.39, 0.29) is 17.6 Å². The highest BCUT2D eigenvalue weighted by atomic mass is 32.2. The second-order valence-electron chi connectivity index (χ2n) is 6.51. The number of carbonyl (C=O) groups is 2. The van der Waals surface area contributed by atoms with Gasteiger partial charge in [0, 0.05) is 36.1 Å². The van der Waals surface area contributed by atoms with Crippen LogP contribution in [-0.4, -0.2) is 53.7 Å². The number of aryl methyl sites for hydroxylation is 1. The molecule has 0 atom stereocenters. The van der Waals surface area contributed by atoms with Crippen LogP contribution in [0.4, 0.5) is 11.4 Å². The fourth-order valence-corrected chi connectivity index (χ4v) is 3.51. The van der Waals surface area contributed by atoms with Gasteiger partial charge in [-0.05, 0) is 18.2 Å². The molecule has 2 N–H and O–H groups in total. The number of nitrogens with zero attached hydrogens (tertiary/aromatic N) is 3. The Balaban J connectivity index is 1.67. The van der Waals surface area contributed by atoms with Crippen molar-refractivity contribution in [1.29, 1.82) is 0 Å². The molecule has 0 spiro atoms. The van der Waals surface area contributed by atoms with Crippen LogP contribution < -0.4 is 24.8 Å². The summed E-state index contributed by atoms with van der Waals surface area (Å²) in [5, 5.41) is 13.9. The molecule has 0 aliphatic carbocycles. The van der Waals surface area contributed by atoms with Gasteiger partial charge in [-0.25, -0.2) is 0 Å². The molecule has 0 unspecified atom stereocenters. The molecule has 168 valence electrons. The zero-order valence-corrected chi connectivity index (χ0v) is 18.9. The lowest BCUT2D eigenvalue weighted by molar-refractivity contribution is -0.113. The van der Waals surface area contributed by atoms with E-state index in [4.69, 9.17) is 14.2 Å². The van der Waals surface area contributed by atoms with Crippen molar-refractivity contribution in [3.05, 3.63) is 48.3 Å². The number of benzene rings is 2. The summed E-state index contributed by atoms with van der Waals surface area (Å²) < 4.78 is 17.6. The average molecular weight is 458 g/mol. The fraction of sp³-hybridized carbons (Fsp3) is 0.238. The minimum Gasteiger partial charge on any atom is -0.493 e. The van der Waals surface area contributed by atoms with Gasteiger partial charge in [0.2, 0.25) is 11.7 Å². The van der Waals surface area contributed by atoms with E-state index in [2.05, 4.69) is 20.8 Å². The largest absolute Gasteiger partial charge is 0.493 e. The number of hydrogen-bond donors (Lipinski definition) is 2. The minimum atomic E-state index is -0.358. The van der Waals surface area contributed by atoms with Crippen molar-refractivity contribution in [2.24, 2.45) is 7.05 Å². The molecule has 3 rings (SSSR count). The summed E-state index contributed by atoms with van der Waals surface area (Å²) in [5.74, 6) is 0.849. The third-order valence-electron chi connectivity index (χ3n) is 4.33. The van der Waals surface area contributed by atoms with Gasteiger partial charge in [-0.2, -0.15) is 0 Å². The fourth-order valence-electron chi connectivity index (χ4n) is 2.83. The van der Waals surface area contributed by atoms with Crippen molar-refractivity contribution >= 4 is 35.0 Å². The zero-order valence-electron chi connectivity index (χ0n) is 18.0. The molecular formula is C21H23N5O5S. The molecular weight excluding hydrogens is 434 g/mol. The first-order chi connectivity index (χ1) is 15.4. The molecule has 0 saturated carbocycles. The van der Waals surface area contributed by atoms with Gasteiger partial charge >= 0.3 is 0 Å². The second-order valence-corrected chi connectivity index (χ2v) is 7.45. The van der Waals surface area contributed by atoms with E-state index in [9.17, 15) is 9.59 Å². The average Bonchev–Trinajstić information content (AvgIpc) is 3.21. The lowest BCUT2D eigenvalue weighted by atomic mass is 10.1. The number of thioether (sulfide) groups is 1. The Morgan fingerprint density at radius 3 is 2.31 bits per heavy atom. The number of rotatable bonds is 9. The predicted molar refractivity (Wildman–Crippen MR) is 121 cm³/mol. The Morgan fingerprint density at radius 2 is 1.72 bits per heavy atom. The third-order valence-corrected chi connectivity index (χ3v) is 5.37. The molecule has 1 aromatic heterocycles. The SMILES string of the molecule is COc1cc(NC(=O)c2cccc(NC(=O)CSc3nncn3C)c2)cc(OC)c1OC. The number of methoxy groups -OCH3 is 3. The second kappa shape index (κ2) is 10.5. The summed E-state index contributed by atoms with van der Waals surface area (Å²) in [4.78, 5) is 25.0. The summed E-state index contributed by atoms with van der Waals surface area (Å²) in [6.07, 6.45) is 1.57. The van der Waals surface area contributed by atoms with Crippen LogP contribution in [0.1, 0.15) is 10.4 Å². The standard InChI is InChI=1S/C21H23N5O5S/c1-26-12-22-25-21(26)32-11-18(27)23-14-7-5-6-13(8-14)20(28)24-15-9-16(29-2)19(31-4)17(10-15)30-3/h5-10,12H,11H2,1-4H3,(H,23,27)(H,24,28). The van der Waals surface area contributed by atoms with Gasteiger partial charge in [0.15, 0.2) is 16.7 Å². The van der Waals surface area contributed by atoms with Crippen molar-refractivity contribution in [3.63, 3.8) is 0 Å². The van der Waals surface area contributed by atoms with Crippen molar-refractivity contribution in [3.8, 4) is 17.2 Å². The van der Waals surface area contributed by atoms with Gasteiger partial charge in [-0.3, -0.25) is 9.59 Å². The van der Waals surface area contributed by atoms with Gasteiger partial charge in [-0.1, -0.05) is 17.8 Å². The van der Waals surface area contributed by atoms with E-state index in [1.807, 2.05) is 0 Å². The summed E-state index contributed by atoms with van der Waals surface area (Å²) in [5.41, 5.74) is 1.35. The lowest BCUT2D eigenvalue weighted by Gasteiger charge is -2.15. The van der Waals surface area contributed by atoms with Gasteiger partial charge in [0.1, 0.15) is 6.33 Å². The maximum absolute atomic E-state index is 12.8. The topological polar surface area (TPSA) is 117 Å². The smallest absolute Gasteiger partial charge is 0.255 e. The molecule has 1 heterocycles.